The molecular weight excluding hydrogens is 296 g/mol. The third-order valence-electron chi connectivity index (χ3n) is 3.97. The fourth-order valence-corrected chi connectivity index (χ4v) is 2.58. The summed E-state index contributed by atoms with van der Waals surface area (Å²) >= 11 is 0. The highest BCUT2D eigenvalue weighted by molar-refractivity contribution is 5.78. The molecular formula is C21H20N2O. The summed E-state index contributed by atoms with van der Waals surface area (Å²) in [7, 11) is 1.81. The summed E-state index contributed by atoms with van der Waals surface area (Å²) < 4.78 is 0. The van der Waals surface area contributed by atoms with Gasteiger partial charge in [-0.25, -0.2) is 0 Å². The number of hydrogen-bond acceptors (Lipinski definition) is 2. The van der Waals surface area contributed by atoms with Crippen LogP contribution in [0.2, 0.25) is 0 Å². The molecule has 3 aromatic rings. The lowest BCUT2D eigenvalue weighted by molar-refractivity contribution is -0.129. The van der Waals surface area contributed by atoms with Gasteiger partial charge in [0.15, 0.2) is 0 Å². The third-order valence-corrected chi connectivity index (χ3v) is 3.97. The van der Waals surface area contributed by atoms with E-state index in [1.54, 1.807) is 11.1 Å². The monoisotopic (exact) mass is 316 g/mol. The summed E-state index contributed by atoms with van der Waals surface area (Å²) in [6.45, 7) is 0.530. The largest absolute Gasteiger partial charge is 0.340 e. The molecule has 0 aliphatic rings. The van der Waals surface area contributed by atoms with Gasteiger partial charge in [-0.05, 0) is 28.8 Å². The van der Waals surface area contributed by atoms with Crippen LogP contribution in [-0.4, -0.2) is 22.8 Å². The standard InChI is InChI=1S/C21H20N2O/c1-23(16-20-9-5-6-14-22-20)21(24)15-17-10-12-19(13-11-17)18-7-3-2-4-8-18/h2-14H,15-16H2,1H3. The Morgan fingerprint density at radius 3 is 2.21 bits per heavy atom. The molecule has 2 aromatic carbocycles. The van der Waals surface area contributed by atoms with E-state index >= 15 is 0 Å². The van der Waals surface area contributed by atoms with Crippen molar-refractivity contribution in [2.75, 3.05) is 7.05 Å². The summed E-state index contributed by atoms with van der Waals surface area (Å²) in [5.41, 5.74) is 4.26. The zero-order chi connectivity index (χ0) is 16.8. The van der Waals surface area contributed by atoms with Gasteiger partial charge in [-0.1, -0.05) is 60.7 Å². The fourth-order valence-electron chi connectivity index (χ4n) is 2.58. The van der Waals surface area contributed by atoms with Crippen molar-refractivity contribution in [3.63, 3.8) is 0 Å². The molecule has 3 nitrogen and oxygen atoms in total. The number of likely N-dealkylation sites (N-methyl/N-ethyl adjacent to an activating group) is 1. The van der Waals surface area contributed by atoms with Crippen LogP contribution in [0.3, 0.4) is 0 Å². The molecule has 0 atom stereocenters. The van der Waals surface area contributed by atoms with E-state index in [4.69, 9.17) is 0 Å². The summed E-state index contributed by atoms with van der Waals surface area (Å²) in [5.74, 6) is 0.0908. The predicted molar refractivity (Wildman–Crippen MR) is 96.3 cm³/mol. The molecule has 3 heteroatoms. The Bertz CT molecular complexity index is 783. The van der Waals surface area contributed by atoms with Gasteiger partial charge in [-0.3, -0.25) is 9.78 Å². The Morgan fingerprint density at radius 2 is 1.54 bits per heavy atom. The van der Waals surface area contributed by atoms with Crippen LogP contribution in [0.4, 0.5) is 0 Å². The molecule has 0 aliphatic heterocycles. The van der Waals surface area contributed by atoms with Crippen LogP contribution < -0.4 is 0 Å². The van der Waals surface area contributed by atoms with Crippen LogP contribution in [0.5, 0.6) is 0 Å². The van der Waals surface area contributed by atoms with Gasteiger partial charge in [-0.15, -0.1) is 0 Å². The van der Waals surface area contributed by atoms with E-state index < -0.39 is 0 Å². The van der Waals surface area contributed by atoms with Gasteiger partial charge in [-0.2, -0.15) is 0 Å². The molecule has 0 spiro atoms. The Kier molecular flexibility index (Phi) is 5.02. The van der Waals surface area contributed by atoms with Gasteiger partial charge in [0.25, 0.3) is 0 Å². The molecule has 0 saturated carbocycles. The molecule has 0 bridgehead atoms. The molecule has 0 saturated heterocycles. The number of hydrogen-bond donors (Lipinski definition) is 0. The van der Waals surface area contributed by atoms with Crippen molar-refractivity contribution in [2.45, 2.75) is 13.0 Å². The van der Waals surface area contributed by atoms with E-state index in [-0.39, 0.29) is 5.91 Å². The third kappa shape index (κ3) is 4.07. The number of rotatable bonds is 5. The number of amides is 1. The summed E-state index contributed by atoms with van der Waals surface area (Å²) in [4.78, 5) is 18.3. The van der Waals surface area contributed by atoms with Crippen LogP contribution >= 0.6 is 0 Å². The van der Waals surface area contributed by atoms with Crippen molar-refractivity contribution in [1.82, 2.24) is 9.88 Å². The Balaban J connectivity index is 1.62. The first kappa shape index (κ1) is 15.9. The molecule has 0 unspecified atom stereocenters. The van der Waals surface area contributed by atoms with Gasteiger partial charge < -0.3 is 4.90 Å². The smallest absolute Gasteiger partial charge is 0.227 e. The second-order valence-electron chi connectivity index (χ2n) is 5.81. The Hall–Kier alpha value is -2.94. The number of nitrogens with zero attached hydrogens (tertiary/aromatic N) is 2. The van der Waals surface area contributed by atoms with Crippen molar-refractivity contribution in [1.29, 1.82) is 0 Å². The maximum Gasteiger partial charge on any atom is 0.227 e. The molecule has 1 heterocycles. The number of aromatic nitrogens is 1. The molecule has 1 aromatic heterocycles. The average molecular weight is 316 g/mol. The highest BCUT2D eigenvalue weighted by Gasteiger charge is 2.10. The lowest BCUT2D eigenvalue weighted by Gasteiger charge is -2.16. The fraction of sp³-hybridized carbons (Fsp3) is 0.143. The molecule has 1 amide bonds. The van der Waals surface area contributed by atoms with Gasteiger partial charge in [0.2, 0.25) is 5.91 Å². The van der Waals surface area contributed by atoms with E-state index in [9.17, 15) is 4.79 Å². The predicted octanol–water partition coefficient (Wildman–Crippen LogP) is 3.95. The number of pyridine rings is 1. The van der Waals surface area contributed by atoms with Gasteiger partial charge in [0, 0.05) is 13.2 Å². The van der Waals surface area contributed by atoms with Crippen LogP contribution in [-0.2, 0) is 17.8 Å². The van der Waals surface area contributed by atoms with Crippen LogP contribution in [0, 0.1) is 0 Å². The van der Waals surface area contributed by atoms with E-state index in [0.29, 0.717) is 13.0 Å². The first-order valence-corrected chi connectivity index (χ1v) is 8.00. The van der Waals surface area contributed by atoms with E-state index in [1.807, 2.05) is 55.6 Å². The second kappa shape index (κ2) is 7.55. The van der Waals surface area contributed by atoms with Crippen molar-refractivity contribution >= 4 is 5.91 Å². The lowest BCUT2D eigenvalue weighted by atomic mass is 10.0. The van der Waals surface area contributed by atoms with Crippen molar-refractivity contribution in [3.05, 3.63) is 90.3 Å². The van der Waals surface area contributed by atoms with Crippen LogP contribution in [0.15, 0.2) is 79.0 Å². The minimum absolute atomic E-state index is 0.0908. The summed E-state index contributed by atoms with van der Waals surface area (Å²) in [5, 5.41) is 0. The maximum atomic E-state index is 12.4. The van der Waals surface area contributed by atoms with Crippen LogP contribution in [0.1, 0.15) is 11.3 Å². The number of carbonyl (C=O) groups excluding carboxylic acids is 1. The average Bonchev–Trinajstić information content (AvgIpc) is 2.64. The topological polar surface area (TPSA) is 33.2 Å². The van der Waals surface area contributed by atoms with Crippen molar-refractivity contribution in [3.8, 4) is 11.1 Å². The van der Waals surface area contributed by atoms with Crippen LogP contribution in [0.25, 0.3) is 11.1 Å². The zero-order valence-corrected chi connectivity index (χ0v) is 13.7. The molecule has 24 heavy (non-hydrogen) atoms. The molecule has 0 radical (unpaired) electrons. The number of benzene rings is 2. The minimum Gasteiger partial charge on any atom is -0.340 e. The highest BCUT2D eigenvalue weighted by atomic mass is 16.2. The first-order valence-electron chi connectivity index (χ1n) is 8.00. The molecule has 120 valence electrons. The Labute approximate surface area is 142 Å². The van der Waals surface area contributed by atoms with E-state index in [0.717, 1.165) is 16.8 Å². The minimum atomic E-state index is 0.0908. The van der Waals surface area contributed by atoms with Gasteiger partial charge in [0.05, 0.1) is 18.7 Å². The van der Waals surface area contributed by atoms with E-state index in [1.165, 1.54) is 5.56 Å². The second-order valence-corrected chi connectivity index (χ2v) is 5.81. The van der Waals surface area contributed by atoms with Gasteiger partial charge in [0.1, 0.15) is 0 Å². The molecule has 0 N–H and O–H groups in total. The zero-order valence-electron chi connectivity index (χ0n) is 13.7. The quantitative estimate of drug-likeness (QED) is 0.714. The summed E-state index contributed by atoms with van der Waals surface area (Å²) in [6, 6.07) is 24.1. The van der Waals surface area contributed by atoms with Crippen molar-refractivity contribution in [2.24, 2.45) is 0 Å². The molecule has 0 aliphatic carbocycles. The highest BCUT2D eigenvalue weighted by Crippen LogP contribution is 2.19. The number of carbonyl (C=O) groups is 1. The van der Waals surface area contributed by atoms with Gasteiger partial charge >= 0.3 is 0 Å². The Morgan fingerprint density at radius 1 is 0.875 bits per heavy atom. The molecule has 3 rings (SSSR count). The summed E-state index contributed by atoms with van der Waals surface area (Å²) in [6.07, 6.45) is 2.15. The SMILES string of the molecule is CN(Cc1ccccn1)C(=O)Cc1ccc(-c2ccccc2)cc1. The molecule has 0 fully saturated rings. The lowest BCUT2D eigenvalue weighted by Crippen LogP contribution is -2.28. The van der Waals surface area contributed by atoms with E-state index in [2.05, 4.69) is 29.2 Å². The first-order chi connectivity index (χ1) is 11.7. The normalized spacial score (nSPS) is 10.4. The van der Waals surface area contributed by atoms with Crippen molar-refractivity contribution < 1.29 is 4.79 Å². The maximum absolute atomic E-state index is 12.4.